The molecule has 7 heteroatoms. The molecule has 1 aliphatic heterocycles. The molecule has 0 radical (unpaired) electrons. The van der Waals surface area contributed by atoms with E-state index in [1.807, 2.05) is 30.5 Å². The number of nitrogens with one attached hydrogen (secondary N) is 1. The zero-order valence-corrected chi connectivity index (χ0v) is 17.3. The maximum atomic E-state index is 12.5. The molecule has 2 aromatic heterocycles. The van der Waals surface area contributed by atoms with Crippen LogP contribution in [0.3, 0.4) is 0 Å². The van der Waals surface area contributed by atoms with Crippen LogP contribution in [-0.2, 0) is 19.5 Å². The van der Waals surface area contributed by atoms with Gasteiger partial charge in [0.05, 0.1) is 27.0 Å². The molecule has 3 aromatic rings. The third-order valence-corrected chi connectivity index (χ3v) is 6.41. The molecule has 0 amide bonds. The smallest absolute Gasteiger partial charge is 0.255 e. The summed E-state index contributed by atoms with van der Waals surface area (Å²) in [6.45, 7) is 2.24. The van der Waals surface area contributed by atoms with Gasteiger partial charge in [-0.05, 0) is 30.5 Å². The number of aromatic amines is 1. The van der Waals surface area contributed by atoms with E-state index < -0.39 is 0 Å². The number of nitrogens with zero attached hydrogens (tertiary/aromatic N) is 3. The molecule has 1 saturated carbocycles. The zero-order valence-electron chi connectivity index (χ0n) is 15.8. The quantitative estimate of drug-likeness (QED) is 0.663. The van der Waals surface area contributed by atoms with Gasteiger partial charge in [0.1, 0.15) is 5.82 Å². The number of rotatable bonds is 4. The van der Waals surface area contributed by atoms with Gasteiger partial charge in [-0.2, -0.15) is 0 Å². The van der Waals surface area contributed by atoms with E-state index in [4.69, 9.17) is 28.2 Å². The van der Waals surface area contributed by atoms with Gasteiger partial charge in [-0.15, -0.1) is 0 Å². The Kier molecular flexibility index (Phi) is 4.90. The van der Waals surface area contributed by atoms with Crippen molar-refractivity contribution in [1.82, 2.24) is 19.9 Å². The normalized spacial score (nSPS) is 16.6. The van der Waals surface area contributed by atoms with Gasteiger partial charge in [0, 0.05) is 43.7 Å². The lowest BCUT2D eigenvalue weighted by molar-refractivity contribution is 0.241. The largest absolute Gasteiger partial charge is 0.310 e. The van der Waals surface area contributed by atoms with Crippen LogP contribution in [0.25, 0.3) is 11.3 Å². The predicted molar refractivity (Wildman–Crippen MR) is 114 cm³/mol. The number of H-pyrrole nitrogens is 1. The Balaban J connectivity index is 1.31. The summed E-state index contributed by atoms with van der Waals surface area (Å²) in [4.78, 5) is 27.1. The summed E-state index contributed by atoms with van der Waals surface area (Å²) in [6, 6.07) is 9.55. The molecular formula is C22H20Cl2N4O. The summed E-state index contributed by atoms with van der Waals surface area (Å²) < 4.78 is 0. The lowest BCUT2D eigenvalue weighted by atomic mass is 10.1. The minimum Gasteiger partial charge on any atom is -0.310 e. The lowest BCUT2D eigenvalue weighted by Gasteiger charge is -2.27. The van der Waals surface area contributed by atoms with Crippen molar-refractivity contribution < 1.29 is 0 Å². The van der Waals surface area contributed by atoms with E-state index in [2.05, 4.69) is 14.9 Å². The van der Waals surface area contributed by atoms with E-state index in [1.165, 1.54) is 0 Å². The van der Waals surface area contributed by atoms with E-state index in [0.717, 1.165) is 66.3 Å². The second-order valence-electron chi connectivity index (χ2n) is 7.76. The lowest BCUT2D eigenvalue weighted by Crippen LogP contribution is -2.35. The number of pyridine rings is 1. The predicted octanol–water partition coefficient (Wildman–Crippen LogP) is 4.57. The molecule has 29 heavy (non-hydrogen) atoms. The van der Waals surface area contributed by atoms with Crippen LogP contribution < -0.4 is 5.56 Å². The summed E-state index contributed by atoms with van der Waals surface area (Å²) in [6.07, 6.45) is 4.94. The van der Waals surface area contributed by atoms with Crippen molar-refractivity contribution in [3.8, 4) is 11.3 Å². The van der Waals surface area contributed by atoms with Gasteiger partial charge < -0.3 is 4.98 Å². The monoisotopic (exact) mass is 426 g/mol. The fourth-order valence-corrected chi connectivity index (χ4v) is 4.22. The van der Waals surface area contributed by atoms with Crippen molar-refractivity contribution in [2.75, 3.05) is 6.54 Å². The average molecular weight is 427 g/mol. The molecule has 0 spiro atoms. The van der Waals surface area contributed by atoms with Gasteiger partial charge in [0.25, 0.3) is 5.56 Å². The van der Waals surface area contributed by atoms with Crippen LogP contribution in [0, 0.1) is 0 Å². The van der Waals surface area contributed by atoms with Crippen LogP contribution in [0.5, 0.6) is 0 Å². The van der Waals surface area contributed by atoms with Crippen molar-refractivity contribution in [3.63, 3.8) is 0 Å². The minimum atomic E-state index is 0.0191. The van der Waals surface area contributed by atoms with Crippen molar-refractivity contribution in [2.45, 2.75) is 38.3 Å². The number of hydrogen-bond donors (Lipinski definition) is 1. The van der Waals surface area contributed by atoms with Crippen molar-refractivity contribution >= 4 is 23.2 Å². The summed E-state index contributed by atoms with van der Waals surface area (Å²) in [7, 11) is 0. The topological polar surface area (TPSA) is 61.9 Å². The standard InChI is InChI=1S/C22H20Cl2N4O/c23-17-3-1-2-15(20(17)24)18-7-4-13(10-25-18)11-28-9-8-19-16(12-28)22(29)27-21(26-19)14-5-6-14/h1-4,7,10,14H,5-6,8-9,11-12H2,(H,26,27,29). The molecule has 5 nitrogen and oxygen atoms in total. The molecule has 0 atom stereocenters. The Morgan fingerprint density at radius 3 is 2.79 bits per heavy atom. The van der Waals surface area contributed by atoms with Crippen molar-refractivity contribution in [1.29, 1.82) is 0 Å². The molecule has 1 N–H and O–H groups in total. The highest BCUT2D eigenvalue weighted by Gasteiger charge is 2.29. The highest BCUT2D eigenvalue weighted by Crippen LogP contribution is 2.38. The van der Waals surface area contributed by atoms with E-state index in [9.17, 15) is 4.79 Å². The molecule has 148 valence electrons. The van der Waals surface area contributed by atoms with E-state index >= 15 is 0 Å². The first kappa shape index (κ1) is 18.8. The van der Waals surface area contributed by atoms with E-state index in [-0.39, 0.29) is 5.56 Å². The molecular weight excluding hydrogens is 407 g/mol. The maximum Gasteiger partial charge on any atom is 0.255 e. The molecule has 0 unspecified atom stereocenters. The first-order valence-electron chi connectivity index (χ1n) is 9.82. The number of benzene rings is 1. The molecule has 1 aliphatic carbocycles. The highest BCUT2D eigenvalue weighted by molar-refractivity contribution is 6.43. The molecule has 0 saturated heterocycles. The SMILES string of the molecule is O=c1[nH]c(C2CC2)nc2c1CN(Cc1ccc(-c3cccc(Cl)c3Cl)nc1)CC2. The fourth-order valence-electron chi connectivity index (χ4n) is 3.82. The van der Waals surface area contributed by atoms with Gasteiger partial charge in [-0.1, -0.05) is 41.4 Å². The van der Waals surface area contributed by atoms with Gasteiger partial charge in [-0.25, -0.2) is 4.98 Å². The molecule has 2 aliphatic rings. The third-order valence-electron chi connectivity index (χ3n) is 5.59. The Bertz CT molecular complexity index is 1120. The second-order valence-corrected chi connectivity index (χ2v) is 8.55. The van der Waals surface area contributed by atoms with Crippen LogP contribution in [0.4, 0.5) is 0 Å². The van der Waals surface area contributed by atoms with Crippen LogP contribution in [0.2, 0.25) is 10.0 Å². The minimum absolute atomic E-state index is 0.0191. The van der Waals surface area contributed by atoms with Gasteiger partial charge in [0.15, 0.2) is 0 Å². The van der Waals surface area contributed by atoms with E-state index in [0.29, 0.717) is 22.5 Å². The average Bonchev–Trinajstić information content (AvgIpc) is 3.57. The van der Waals surface area contributed by atoms with Crippen molar-refractivity contribution in [2.24, 2.45) is 0 Å². The summed E-state index contributed by atoms with van der Waals surface area (Å²) in [5, 5.41) is 1.03. The zero-order chi connectivity index (χ0) is 20.0. The third kappa shape index (κ3) is 3.82. The molecule has 3 heterocycles. The summed E-state index contributed by atoms with van der Waals surface area (Å²) in [5.41, 5.74) is 4.49. The molecule has 5 rings (SSSR count). The number of aromatic nitrogens is 3. The fraction of sp³-hybridized carbons (Fsp3) is 0.318. The van der Waals surface area contributed by atoms with Gasteiger partial charge in [-0.3, -0.25) is 14.7 Å². The number of fused-ring (bicyclic) bond motifs is 1. The Labute approximate surface area is 178 Å². The summed E-state index contributed by atoms with van der Waals surface area (Å²) >= 11 is 12.4. The highest BCUT2D eigenvalue weighted by atomic mass is 35.5. The Morgan fingerprint density at radius 1 is 1.17 bits per heavy atom. The van der Waals surface area contributed by atoms with Gasteiger partial charge in [0.2, 0.25) is 0 Å². The second kappa shape index (κ2) is 7.56. The van der Waals surface area contributed by atoms with E-state index in [1.54, 1.807) is 6.07 Å². The Hall–Kier alpha value is -2.21. The summed E-state index contributed by atoms with van der Waals surface area (Å²) in [5.74, 6) is 1.34. The number of halogens is 2. The van der Waals surface area contributed by atoms with Crippen molar-refractivity contribution in [3.05, 3.63) is 79.6 Å². The first-order valence-corrected chi connectivity index (χ1v) is 10.6. The van der Waals surface area contributed by atoms with Crippen LogP contribution >= 0.6 is 23.2 Å². The molecule has 1 fully saturated rings. The molecule has 0 bridgehead atoms. The first-order chi connectivity index (χ1) is 14.1. The van der Waals surface area contributed by atoms with Crippen LogP contribution in [-0.4, -0.2) is 26.4 Å². The number of hydrogen-bond acceptors (Lipinski definition) is 4. The van der Waals surface area contributed by atoms with Crippen LogP contribution in [0.15, 0.2) is 41.3 Å². The maximum absolute atomic E-state index is 12.5. The Morgan fingerprint density at radius 2 is 2.03 bits per heavy atom. The van der Waals surface area contributed by atoms with Gasteiger partial charge >= 0.3 is 0 Å². The van der Waals surface area contributed by atoms with Crippen LogP contribution in [0.1, 0.15) is 41.4 Å². The molecule has 1 aromatic carbocycles.